The molecule has 1 N–H and O–H groups in total. The smallest absolute Gasteiger partial charge is 0.0431 e. The van der Waals surface area contributed by atoms with Crippen molar-refractivity contribution in [3.63, 3.8) is 0 Å². The van der Waals surface area contributed by atoms with Crippen LogP contribution < -0.4 is 0 Å². The molecule has 0 bridgehead atoms. The molecule has 0 radical (unpaired) electrons. The molecule has 0 aromatic rings. The molecular formula is C12H24O. The Bertz CT molecular complexity index is 134. The minimum Gasteiger partial charge on any atom is -0.396 e. The first-order chi connectivity index (χ1) is 6.16. The molecule has 78 valence electrons. The normalized spacial score (nSPS) is 12.6. The van der Waals surface area contributed by atoms with Gasteiger partial charge in [0.2, 0.25) is 0 Å². The molecule has 0 saturated carbocycles. The van der Waals surface area contributed by atoms with E-state index in [0.29, 0.717) is 6.61 Å². The number of aliphatic hydroxyl groups excluding tert-OH is 1. The first-order valence-electron chi connectivity index (χ1n) is 5.41. The highest BCUT2D eigenvalue weighted by Crippen LogP contribution is 2.14. The van der Waals surface area contributed by atoms with Crippen LogP contribution in [0.5, 0.6) is 0 Å². The van der Waals surface area contributed by atoms with Gasteiger partial charge in [0.05, 0.1) is 0 Å². The summed E-state index contributed by atoms with van der Waals surface area (Å²) in [7, 11) is 0. The van der Waals surface area contributed by atoms with Crippen LogP contribution in [0.3, 0.4) is 0 Å². The second-order valence-corrected chi connectivity index (χ2v) is 4.18. The van der Waals surface area contributed by atoms with Crippen molar-refractivity contribution in [1.29, 1.82) is 0 Å². The molecule has 1 heteroatoms. The maximum absolute atomic E-state index is 8.62. The van der Waals surface area contributed by atoms with Crippen LogP contribution in [-0.4, -0.2) is 11.7 Å². The first-order valence-corrected chi connectivity index (χ1v) is 5.41. The van der Waals surface area contributed by atoms with Crippen molar-refractivity contribution in [2.45, 2.75) is 52.9 Å². The van der Waals surface area contributed by atoms with Gasteiger partial charge in [-0.25, -0.2) is 0 Å². The molecule has 1 atom stereocenters. The number of unbranched alkanes of at least 4 members (excludes halogenated alkanes) is 1. The van der Waals surface area contributed by atoms with Gasteiger partial charge in [0.1, 0.15) is 0 Å². The van der Waals surface area contributed by atoms with Gasteiger partial charge >= 0.3 is 0 Å². The van der Waals surface area contributed by atoms with Crippen molar-refractivity contribution in [2.75, 3.05) is 6.61 Å². The maximum atomic E-state index is 8.62. The molecule has 0 aliphatic rings. The topological polar surface area (TPSA) is 20.2 Å². The minimum absolute atomic E-state index is 0.348. The lowest BCUT2D eigenvalue weighted by Gasteiger charge is -2.08. The van der Waals surface area contributed by atoms with Crippen molar-refractivity contribution in [1.82, 2.24) is 0 Å². The second-order valence-electron chi connectivity index (χ2n) is 4.18. The summed E-state index contributed by atoms with van der Waals surface area (Å²) < 4.78 is 0. The van der Waals surface area contributed by atoms with Gasteiger partial charge in [0.25, 0.3) is 0 Å². The third-order valence-electron chi connectivity index (χ3n) is 2.32. The van der Waals surface area contributed by atoms with Gasteiger partial charge in [-0.3, -0.25) is 0 Å². The van der Waals surface area contributed by atoms with Crippen LogP contribution in [0.2, 0.25) is 0 Å². The average Bonchev–Trinajstić information content (AvgIpc) is 2.04. The highest BCUT2D eigenvalue weighted by Gasteiger charge is 1.99. The van der Waals surface area contributed by atoms with Gasteiger partial charge < -0.3 is 5.11 Å². The summed E-state index contributed by atoms with van der Waals surface area (Å²) in [6, 6.07) is 0. The fourth-order valence-electron chi connectivity index (χ4n) is 1.41. The molecule has 1 nitrogen and oxygen atoms in total. The molecule has 0 heterocycles. The van der Waals surface area contributed by atoms with Gasteiger partial charge in [-0.1, -0.05) is 31.4 Å². The summed E-state index contributed by atoms with van der Waals surface area (Å²) in [4.78, 5) is 0. The molecule has 0 aliphatic heterocycles. The van der Waals surface area contributed by atoms with Gasteiger partial charge in [-0.05, 0) is 39.0 Å². The molecule has 0 aliphatic carbocycles. The Morgan fingerprint density at radius 3 is 2.46 bits per heavy atom. The van der Waals surface area contributed by atoms with Crippen molar-refractivity contribution < 1.29 is 5.11 Å². The van der Waals surface area contributed by atoms with E-state index in [1.165, 1.54) is 31.3 Å². The van der Waals surface area contributed by atoms with Gasteiger partial charge in [-0.15, -0.1) is 0 Å². The molecule has 0 spiro atoms. The number of aliphatic hydroxyl groups is 1. The molecule has 13 heavy (non-hydrogen) atoms. The fourth-order valence-corrected chi connectivity index (χ4v) is 1.41. The average molecular weight is 184 g/mol. The van der Waals surface area contributed by atoms with Crippen LogP contribution in [0.4, 0.5) is 0 Å². The van der Waals surface area contributed by atoms with Gasteiger partial charge in [-0.2, -0.15) is 0 Å². The van der Waals surface area contributed by atoms with E-state index in [4.69, 9.17) is 5.11 Å². The predicted molar refractivity (Wildman–Crippen MR) is 58.8 cm³/mol. The Kier molecular flexibility index (Phi) is 8.11. The summed E-state index contributed by atoms with van der Waals surface area (Å²) in [6.07, 6.45) is 8.21. The highest BCUT2D eigenvalue weighted by molar-refractivity contribution is 4.92. The van der Waals surface area contributed by atoms with Crippen LogP contribution >= 0.6 is 0 Å². The molecule has 0 rings (SSSR count). The van der Waals surface area contributed by atoms with Crippen molar-refractivity contribution >= 4 is 0 Å². The third-order valence-corrected chi connectivity index (χ3v) is 2.32. The number of hydrogen-bond donors (Lipinski definition) is 1. The Morgan fingerprint density at radius 1 is 1.23 bits per heavy atom. The second kappa shape index (κ2) is 8.31. The summed E-state index contributed by atoms with van der Waals surface area (Å²) in [5.41, 5.74) is 1.42. The Labute approximate surface area is 82.9 Å². The summed E-state index contributed by atoms with van der Waals surface area (Å²) in [6.45, 7) is 6.95. The predicted octanol–water partition coefficient (Wildman–Crippen LogP) is 3.53. The zero-order valence-electron chi connectivity index (χ0n) is 9.34. The third kappa shape index (κ3) is 9.62. The standard InChI is InChI=1S/C12H24O/c1-11(2)7-6-9-12(3)8-4-5-10-13/h7,12-13H,4-6,8-10H2,1-3H3/t12-/m1/s1. The summed E-state index contributed by atoms with van der Waals surface area (Å²) in [5, 5.41) is 8.62. The van der Waals surface area contributed by atoms with E-state index in [0.717, 1.165) is 12.3 Å². The number of allylic oxidation sites excluding steroid dienone is 2. The maximum Gasteiger partial charge on any atom is 0.0431 e. The zero-order valence-corrected chi connectivity index (χ0v) is 9.34. The quantitative estimate of drug-likeness (QED) is 0.474. The highest BCUT2D eigenvalue weighted by atomic mass is 16.2. The van der Waals surface area contributed by atoms with E-state index in [1.807, 2.05) is 0 Å². The molecule has 0 saturated heterocycles. The van der Waals surface area contributed by atoms with Crippen LogP contribution in [0, 0.1) is 5.92 Å². The summed E-state index contributed by atoms with van der Waals surface area (Å²) in [5.74, 6) is 0.808. The van der Waals surface area contributed by atoms with Crippen LogP contribution in [-0.2, 0) is 0 Å². The number of rotatable bonds is 7. The van der Waals surface area contributed by atoms with Crippen LogP contribution in [0.25, 0.3) is 0 Å². The SMILES string of the molecule is CC(C)=CCC[C@H](C)CCCCO. The van der Waals surface area contributed by atoms with Crippen molar-refractivity contribution in [3.8, 4) is 0 Å². The molecule has 0 amide bonds. The lowest BCUT2D eigenvalue weighted by Crippen LogP contribution is -1.95. The summed E-state index contributed by atoms with van der Waals surface area (Å²) >= 11 is 0. The molecule has 0 fully saturated rings. The molecular weight excluding hydrogens is 160 g/mol. The largest absolute Gasteiger partial charge is 0.396 e. The minimum atomic E-state index is 0.348. The molecule has 0 unspecified atom stereocenters. The van der Waals surface area contributed by atoms with E-state index in [1.54, 1.807) is 0 Å². The monoisotopic (exact) mass is 184 g/mol. The van der Waals surface area contributed by atoms with Crippen molar-refractivity contribution in [3.05, 3.63) is 11.6 Å². The van der Waals surface area contributed by atoms with E-state index >= 15 is 0 Å². The van der Waals surface area contributed by atoms with Gasteiger partial charge in [0, 0.05) is 6.61 Å². The zero-order chi connectivity index (χ0) is 10.1. The van der Waals surface area contributed by atoms with E-state index in [2.05, 4.69) is 26.8 Å². The Hall–Kier alpha value is -0.300. The first kappa shape index (κ1) is 12.7. The van der Waals surface area contributed by atoms with E-state index in [-0.39, 0.29) is 0 Å². The van der Waals surface area contributed by atoms with E-state index in [9.17, 15) is 0 Å². The van der Waals surface area contributed by atoms with Crippen LogP contribution in [0.1, 0.15) is 52.9 Å². The fraction of sp³-hybridized carbons (Fsp3) is 0.833. The van der Waals surface area contributed by atoms with Crippen LogP contribution in [0.15, 0.2) is 11.6 Å². The Balaban J connectivity index is 3.30. The van der Waals surface area contributed by atoms with Gasteiger partial charge in [0.15, 0.2) is 0 Å². The van der Waals surface area contributed by atoms with E-state index < -0.39 is 0 Å². The molecule has 0 aromatic carbocycles. The Morgan fingerprint density at radius 2 is 1.92 bits per heavy atom. The molecule has 0 aromatic heterocycles. The lowest BCUT2D eigenvalue weighted by atomic mass is 9.98. The lowest BCUT2D eigenvalue weighted by molar-refractivity contribution is 0.278. The van der Waals surface area contributed by atoms with Crippen molar-refractivity contribution in [2.24, 2.45) is 5.92 Å². The number of hydrogen-bond acceptors (Lipinski definition) is 1.